The van der Waals surface area contributed by atoms with Crippen LogP contribution in [0.1, 0.15) is 85.5 Å². The summed E-state index contributed by atoms with van der Waals surface area (Å²) >= 11 is 0. The Kier molecular flexibility index (Phi) is 6.83. The summed E-state index contributed by atoms with van der Waals surface area (Å²) in [4.78, 5) is 27.7. The molecule has 4 rings (SSSR count). The Morgan fingerprint density at radius 1 is 1.09 bits per heavy atom. The second kappa shape index (κ2) is 9.76. The molecule has 1 aliphatic carbocycles. The summed E-state index contributed by atoms with van der Waals surface area (Å²) in [5.41, 5.74) is 4.10. The molecule has 32 heavy (non-hydrogen) atoms. The summed E-state index contributed by atoms with van der Waals surface area (Å²) in [6.45, 7) is 4.12. The fraction of sp³-hybridized carbons (Fsp3) is 0.481. The molecule has 0 radical (unpaired) electrons. The van der Waals surface area contributed by atoms with Crippen LogP contribution in [-0.2, 0) is 11.2 Å². The van der Waals surface area contributed by atoms with E-state index in [0.717, 1.165) is 55.4 Å². The smallest absolute Gasteiger partial charge is 0.251 e. The number of hydrogen-bond donors (Lipinski definition) is 1. The molecule has 1 fully saturated rings. The van der Waals surface area contributed by atoms with Gasteiger partial charge >= 0.3 is 0 Å². The van der Waals surface area contributed by atoms with Crippen molar-refractivity contribution in [3.8, 4) is 5.75 Å². The molecule has 1 N–H and O–H groups in total. The Morgan fingerprint density at radius 3 is 2.47 bits per heavy atom. The number of amides is 2. The van der Waals surface area contributed by atoms with Crippen LogP contribution in [0.15, 0.2) is 42.5 Å². The van der Waals surface area contributed by atoms with E-state index in [4.69, 9.17) is 4.74 Å². The number of rotatable bonds is 8. The SMILES string of the molecule is CCCC[C@H]1Cc2cc(OC)ccc2[C@H](c2ccc(C(=O)NC3CC3)cc2)N1C(=O)CC. The van der Waals surface area contributed by atoms with Crippen molar-refractivity contribution in [2.75, 3.05) is 7.11 Å². The highest BCUT2D eigenvalue weighted by molar-refractivity contribution is 5.94. The number of carbonyl (C=O) groups is 2. The molecule has 0 spiro atoms. The molecule has 1 saturated carbocycles. The van der Waals surface area contributed by atoms with E-state index in [9.17, 15) is 9.59 Å². The lowest BCUT2D eigenvalue weighted by molar-refractivity contribution is -0.136. The van der Waals surface area contributed by atoms with E-state index in [1.807, 2.05) is 37.3 Å². The Bertz CT molecular complexity index is 965. The van der Waals surface area contributed by atoms with Crippen molar-refractivity contribution < 1.29 is 14.3 Å². The van der Waals surface area contributed by atoms with Crippen molar-refractivity contribution in [1.82, 2.24) is 10.2 Å². The van der Waals surface area contributed by atoms with Gasteiger partial charge in [-0.15, -0.1) is 0 Å². The van der Waals surface area contributed by atoms with Crippen molar-refractivity contribution in [1.29, 1.82) is 0 Å². The number of nitrogens with one attached hydrogen (secondary N) is 1. The average molecular weight is 435 g/mol. The zero-order valence-electron chi connectivity index (χ0n) is 19.4. The summed E-state index contributed by atoms with van der Waals surface area (Å²) < 4.78 is 5.49. The van der Waals surface area contributed by atoms with Crippen LogP contribution in [0, 0.1) is 0 Å². The molecule has 5 nitrogen and oxygen atoms in total. The van der Waals surface area contributed by atoms with Crippen LogP contribution in [0.4, 0.5) is 0 Å². The second-order valence-corrected chi connectivity index (χ2v) is 8.99. The minimum absolute atomic E-state index is 0.0184. The molecule has 2 atom stereocenters. The molecule has 1 aliphatic heterocycles. The minimum atomic E-state index is -0.153. The minimum Gasteiger partial charge on any atom is -0.497 e. The third-order valence-electron chi connectivity index (χ3n) is 6.65. The molecule has 0 unspecified atom stereocenters. The van der Waals surface area contributed by atoms with Gasteiger partial charge < -0.3 is 15.0 Å². The zero-order chi connectivity index (χ0) is 22.7. The summed E-state index contributed by atoms with van der Waals surface area (Å²) in [7, 11) is 1.69. The Balaban J connectivity index is 1.73. The summed E-state index contributed by atoms with van der Waals surface area (Å²) in [6.07, 6.45) is 6.63. The van der Waals surface area contributed by atoms with Crippen LogP contribution in [0.2, 0.25) is 0 Å². The lowest BCUT2D eigenvalue weighted by atomic mass is 9.82. The van der Waals surface area contributed by atoms with Crippen LogP contribution in [-0.4, -0.2) is 35.9 Å². The maximum atomic E-state index is 13.2. The Morgan fingerprint density at radius 2 is 1.84 bits per heavy atom. The molecule has 170 valence electrons. The van der Waals surface area contributed by atoms with E-state index in [0.29, 0.717) is 18.0 Å². The lowest BCUT2D eigenvalue weighted by Gasteiger charge is -2.44. The normalized spacial score (nSPS) is 19.9. The molecule has 0 bridgehead atoms. The van der Waals surface area contributed by atoms with Crippen molar-refractivity contribution in [3.05, 3.63) is 64.7 Å². The van der Waals surface area contributed by atoms with Gasteiger partial charge in [-0.05, 0) is 66.6 Å². The second-order valence-electron chi connectivity index (χ2n) is 8.99. The Labute approximate surface area is 191 Å². The van der Waals surface area contributed by atoms with Crippen LogP contribution < -0.4 is 10.1 Å². The molecule has 2 aromatic rings. The van der Waals surface area contributed by atoms with Crippen molar-refractivity contribution in [2.45, 2.75) is 76.9 Å². The first kappa shape index (κ1) is 22.4. The van der Waals surface area contributed by atoms with Gasteiger partial charge in [0, 0.05) is 24.1 Å². The van der Waals surface area contributed by atoms with Crippen molar-refractivity contribution in [3.63, 3.8) is 0 Å². The third kappa shape index (κ3) is 4.67. The zero-order valence-corrected chi connectivity index (χ0v) is 19.4. The first-order chi connectivity index (χ1) is 15.5. The van der Waals surface area contributed by atoms with Crippen LogP contribution in [0.3, 0.4) is 0 Å². The number of ether oxygens (including phenoxy) is 1. The number of carbonyl (C=O) groups excluding carboxylic acids is 2. The van der Waals surface area contributed by atoms with E-state index in [1.165, 1.54) is 5.56 Å². The fourth-order valence-electron chi connectivity index (χ4n) is 4.73. The van der Waals surface area contributed by atoms with E-state index in [-0.39, 0.29) is 23.9 Å². The van der Waals surface area contributed by atoms with Crippen molar-refractivity contribution in [2.24, 2.45) is 0 Å². The average Bonchev–Trinajstić information content (AvgIpc) is 3.64. The summed E-state index contributed by atoms with van der Waals surface area (Å²) in [5, 5.41) is 3.05. The van der Waals surface area contributed by atoms with Gasteiger partial charge in [0.2, 0.25) is 5.91 Å². The molecule has 0 saturated heterocycles. The van der Waals surface area contributed by atoms with Gasteiger partial charge in [0.25, 0.3) is 5.91 Å². The van der Waals surface area contributed by atoms with Gasteiger partial charge in [0.1, 0.15) is 5.75 Å². The topological polar surface area (TPSA) is 58.6 Å². The van der Waals surface area contributed by atoms with Crippen LogP contribution in [0.5, 0.6) is 5.75 Å². The van der Waals surface area contributed by atoms with Gasteiger partial charge in [-0.1, -0.05) is 44.9 Å². The van der Waals surface area contributed by atoms with E-state index in [2.05, 4.69) is 29.3 Å². The first-order valence-corrected chi connectivity index (χ1v) is 11.9. The van der Waals surface area contributed by atoms with Gasteiger partial charge in [0.05, 0.1) is 13.2 Å². The maximum absolute atomic E-state index is 13.2. The Hall–Kier alpha value is -2.82. The quantitative estimate of drug-likeness (QED) is 0.634. The predicted molar refractivity (Wildman–Crippen MR) is 126 cm³/mol. The number of benzene rings is 2. The van der Waals surface area contributed by atoms with Crippen molar-refractivity contribution >= 4 is 11.8 Å². The molecular weight excluding hydrogens is 400 g/mol. The van der Waals surface area contributed by atoms with Crippen LogP contribution in [0.25, 0.3) is 0 Å². The molecule has 2 aliphatic rings. The highest BCUT2D eigenvalue weighted by atomic mass is 16.5. The first-order valence-electron chi connectivity index (χ1n) is 11.9. The number of unbranched alkanes of at least 4 members (excludes halogenated alkanes) is 1. The number of fused-ring (bicyclic) bond motifs is 1. The highest BCUT2D eigenvalue weighted by Gasteiger charge is 2.37. The van der Waals surface area contributed by atoms with Crippen LogP contribution >= 0.6 is 0 Å². The van der Waals surface area contributed by atoms with E-state index in [1.54, 1.807) is 7.11 Å². The standard InChI is InChI=1S/C27H34N2O3/c1-4-6-7-22-16-20-17-23(32-3)14-15-24(20)26(29(22)25(30)5-2)18-8-10-19(11-9-18)27(31)28-21-12-13-21/h8-11,14-15,17,21-22,26H,4-7,12-13,16H2,1-3H3,(H,28,31)/t22-,26-/m0/s1. The molecule has 2 amide bonds. The van der Waals surface area contributed by atoms with E-state index < -0.39 is 0 Å². The number of nitrogens with zero attached hydrogens (tertiary/aromatic N) is 1. The lowest BCUT2D eigenvalue weighted by Crippen LogP contribution is -2.47. The fourth-order valence-corrected chi connectivity index (χ4v) is 4.73. The predicted octanol–water partition coefficient (Wildman–Crippen LogP) is 5.03. The summed E-state index contributed by atoms with van der Waals surface area (Å²) in [6, 6.07) is 14.3. The number of hydrogen-bond acceptors (Lipinski definition) is 3. The molecule has 5 heteroatoms. The van der Waals surface area contributed by atoms with Gasteiger partial charge in [-0.3, -0.25) is 9.59 Å². The molecule has 2 aromatic carbocycles. The largest absolute Gasteiger partial charge is 0.497 e. The highest BCUT2D eigenvalue weighted by Crippen LogP contribution is 2.41. The van der Waals surface area contributed by atoms with Gasteiger partial charge in [-0.2, -0.15) is 0 Å². The van der Waals surface area contributed by atoms with E-state index >= 15 is 0 Å². The molecule has 0 aromatic heterocycles. The summed E-state index contributed by atoms with van der Waals surface area (Å²) in [5.74, 6) is 1.00. The number of methoxy groups -OCH3 is 1. The molecule has 1 heterocycles. The third-order valence-corrected chi connectivity index (χ3v) is 6.65. The van der Waals surface area contributed by atoms with Gasteiger partial charge in [0.15, 0.2) is 0 Å². The van der Waals surface area contributed by atoms with Gasteiger partial charge in [-0.25, -0.2) is 0 Å². The monoisotopic (exact) mass is 434 g/mol. The maximum Gasteiger partial charge on any atom is 0.251 e. The molecular formula is C27H34N2O3.